The van der Waals surface area contributed by atoms with Crippen LogP contribution in [0.15, 0.2) is 36.5 Å². The number of unbranched alkanes of at least 4 members (excludes halogenated alkanes) is 1. The predicted octanol–water partition coefficient (Wildman–Crippen LogP) is 2.71. The number of aromatic nitrogens is 2. The molecule has 2 atom stereocenters. The molecule has 0 bridgehead atoms. The largest absolute Gasteiger partial charge is 0.391 e. The summed E-state index contributed by atoms with van der Waals surface area (Å²) < 4.78 is 1.86. The van der Waals surface area contributed by atoms with Crippen molar-refractivity contribution < 1.29 is 9.90 Å². The summed E-state index contributed by atoms with van der Waals surface area (Å²) in [7, 11) is 0. The minimum absolute atomic E-state index is 0.185. The maximum atomic E-state index is 12.4. The van der Waals surface area contributed by atoms with Crippen LogP contribution in [0.3, 0.4) is 0 Å². The normalized spacial score (nSPS) is 13.5. The van der Waals surface area contributed by atoms with E-state index in [0.717, 1.165) is 30.6 Å². The van der Waals surface area contributed by atoms with E-state index in [1.54, 1.807) is 6.20 Å². The highest BCUT2D eigenvalue weighted by Gasteiger charge is 2.20. The van der Waals surface area contributed by atoms with Gasteiger partial charge in [0.25, 0.3) is 5.91 Å². The molecular formula is C19H27N3O2. The molecule has 2 unspecified atom stereocenters. The highest BCUT2D eigenvalue weighted by molar-refractivity contribution is 5.95. The SMILES string of the molecule is CCCCn1ncc(C(=O)NC(C)C(O)Cc2ccccc2)c1C. The van der Waals surface area contributed by atoms with Crippen molar-refractivity contribution in [1.82, 2.24) is 15.1 Å². The molecule has 2 N–H and O–H groups in total. The van der Waals surface area contributed by atoms with Crippen molar-refractivity contribution in [2.75, 3.05) is 0 Å². The van der Waals surface area contributed by atoms with Crippen LogP contribution in [0, 0.1) is 6.92 Å². The van der Waals surface area contributed by atoms with Gasteiger partial charge in [0.2, 0.25) is 0 Å². The average molecular weight is 329 g/mol. The number of nitrogens with zero attached hydrogens (tertiary/aromatic N) is 2. The van der Waals surface area contributed by atoms with Crippen LogP contribution in [0.5, 0.6) is 0 Å². The van der Waals surface area contributed by atoms with Crippen molar-refractivity contribution in [3.05, 3.63) is 53.3 Å². The number of hydrogen-bond acceptors (Lipinski definition) is 3. The van der Waals surface area contributed by atoms with Gasteiger partial charge in [-0.3, -0.25) is 9.48 Å². The number of carbonyl (C=O) groups excluding carboxylic acids is 1. The Morgan fingerprint density at radius 2 is 2.04 bits per heavy atom. The van der Waals surface area contributed by atoms with Crippen molar-refractivity contribution in [2.24, 2.45) is 0 Å². The number of aliphatic hydroxyl groups excluding tert-OH is 1. The molecule has 130 valence electrons. The number of carbonyl (C=O) groups is 1. The second-order valence-electron chi connectivity index (χ2n) is 6.24. The zero-order chi connectivity index (χ0) is 17.5. The number of aryl methyl sites for hydroxylation is 1. The Hall–Kier alpha value is -2.14. The summed E-state index contributed by atoms with van der Waals surface area (Å²) in [6, 6.07) is 9.44. The van der Waals surface area contributed by atoms with Crippen molar-refractivity contribution in [3.8, 4) is 0 Å². The minimum Gasteiger partial charge on any atom is -0.391 e. The van der Waals surface area contributed by atoms with Crippen molar-refractivity contribution in [2.45, 2.75) is 58.7 Å². The third-order valence-electron chi connectivity index (χ3n) is 4.29. The van der Waals surface area contributed by atoms with E-state index in [1.165, 1.54) is 0 Å². The van der Waals surface area contributed by atoms with Gasteiger partial charge in [-0.2, -0.15) is 5.10 Å². The molecule has 0 saturated carbocycles. The lowest BCUT2D eigenvalue weighted by atomic mass is 10.0. The van der Waals surface area contributed by atoms with Crippen LogP contribution in [0.2, 0.25) is 0 Å². The van der Waals surface area contributed by atoms with E-state index in [2.05, 4.69) is 17.3 Å². The maximum Gasteiger partial charge on any atom is 0.255 e. The van der Waals surface area contributed by atoms with Gasteiger partial charge in [-0.1, -0.05) is 43.7 Å². The Kier molecular flexibility index (Phi) is 6.55. The Bertz CT molecular complexity index is 652. The van der Waals surface area contributed by atoms with Crippen LogP contribution in [0.4, 0.5) is 0 Å². The van der Waals surface area contributed by atoms with Gasteiger partial charge in [0.05, 0.1) is 23.9 Å². The third kappa shape index (κ3) is 4.68. The molecule has 1 aromatic carbocycles. The fraction of sp³-hybridized carbons (Fsp3) is 0.474. The van der Waals surface area contributed by atoms with E-state index < -0.39 is 6.10 Å². The molecule has 1 heterocycles. The molecule has 0 aliphatic carbocycles. The van der Waals surface area contributed by atoms with Crippen LogP contribution in [-0.4, -0.2) is 32.9 Å². The quantitative estimate of drug-likeness (QED) is 0.782. The predicted molar refractivity (Wildman–Crippen MR) is 95.0 cm³/mol. The summed E-state index contributed by atoms with van der Waals surface area (Å²) in [5.74, 6) is -0.185. The zero-order valence-electron chi connectivity index (χ0n) is 14.7. The molecule has 0 spiro atoms. The summed E-state index contributed by atoms with van der Waals surface area (Å²) in [4.78, 5) is 12.4. The van der Waals surface area contributed by atoms with Gasteiger partial charge in [-0.25, -0.2) is 0 Å². The van der Waals surface area contributed by atoms with Gasteiger partial charge >= 0.3 is 0 Å². The molecule has 5 heteroatoms. The molecule has 2 aromatic rings. The van der Waals surface area contributed by atoms with Crippen LogP contribution < -0.4 is 5.32 Å². The second kappa shape index (κ2) is 8.64. The first-order valence-electron chi connectivity index (χ1n) is 8.58. The van der Waals surface area contributed by atoms with E-state index in [1.807, 2.05) is 48.9 Å². The van der Waals surface area contributed by atoms with E-state index in [4.69, 9.17) is 0 Å². The van der Waals surface area contributed by atoms with Gasteiger partial charge in [0, 0.05) is 18.7 Å². The Morgan fingerprint density at radius 1 is 1.33 bits per heavy atom. The molecule has 5 nitrogen and oxygen atoms in total. The maximum absolute atomic E-state index is 12.4. The summed E-state index contributed by atoms with van der Waals surface area (Å²) in [5.41, 5.74) is 2.49. The van der Waals surface area contributed by atoms with E-state index in [9.17, 15) is 9.90 Å². The van der Waals surface area contributed by atoms with E-state index in [0.29, 0.717) is 12.0 Å². The number of aliphatic hydroxyl groups is 1. The first-order chi connectivity index (χ1) is 11.5. The number of amides is 1. The van der Waals surface area contributed by atoms with Gasteiger partial charge in [0.15, 0.2) is 0 Å². The molecule has 0 aliphatic rings. The van der Waals surface area contributed by atoms with Crippen molar-refractivity contribution >= 4 is 5.91 Å². The fourth-order valence-electron chi connectivity index (χ4n) is 2.62. The molecule has 2 rings (SSSR count). The molecule has 0 saturated heterocycles. The Balaban J connectivity index is 1.94. The summed E-state index contributed by atoms with van der Waals surface area (Å²) >= 11 is 0. The van der Waals surface area contributed by atoms with Crippen LogP contribution in [-0.2, 0) is 13.0 Å². The van der Waals surface area contributed by atoms with E-state index >= 15 is 0 Å². The fourth-order valence-corrected chi connectivity index (χ4v) is 2.62. The van der Waals surface area contributed by atoms with Crippen molar-refractivity contribution in [3.63, 3.8) is 0 Å². The smallest absolute Gasteiger partial charge is 0.255 e. The lowest BCUT2D eigenvalue weighted by molar-refractivity contribution is 0.0851. The zero-order valence-corrected chi connectivity index (χ0v) is 14.7. The summed E-state index contributed by atoms with van der Waals surface area (Å²) in [5, 5.41) is 17.5. The number of rotatable bonds is 8. The van der Waals surface area contributed by atoms with Gasteiger partial charge < -0.3 is 10.4 Å². The molecule has 0 aliphatic heterocycles. The molecule has 1 aromatic heterocycles. The Morgan fingerprint density at radius 3 is 2.71 bits per heavy atom. The highest BCUT2D eigenvalue weighted by atomic mass is 16.3. The standard InChI is InChI=1S/C19H27N3O2/c1-4-5-11-22-15(3)17(13-20-22)19(24)21-14(2)18(23)12-16-9-7-6-8-10-16/h6-10,13-14,18,23H,4-5,11-12H2,1-3H3,(H,21,24). The Labute approximate surface area is 143 Å². The molecule has 0 radical (unpaired) electrons. The lowest BCUT2D eigenvalue weighted by Gasteiger charge is -2.20. The van der Waals surface area contributed by atoms with Crippen molar-refractivity contribution in [1.29, 1.82) is 0 Å². The van der Waals surface area contributed by atoms with Crippen LogP contribution in [0.25, 0.3) is 0 Å². The van der Waals surface area contributed by atoms with Gasteiger partial charge in [-0.05, 0) is 25.8 Å². The first-order valence-corrected chi connectivity index (χ1v) is 8.58. The lowest BCUT2D eigenvalue weighted by Crippen LogP contribution is -2.42. The molecule has 24 heavy (non-hydrogen) atoms. The van der Waals surface area contributed by atoms with Crippen LogP contribution in [0.1, 0.15) is 48.3 Å². The van der Waals surface area contributed by atoms with E-state index in [-0.39, 0.29) is 11.9 Å². The van der Waals surface area contributed by atoms with Gasteiger partial charge in [0.1, 0.15) is 0 Å². The average Bonchev–Trinajstić information content (AvgIpc) is 2.94. The molecular weight excluding hydrogens is 302 g/mol. The number of nitrogens with one attached hydrogen (secondary N) is 1. The molecule has 0 fully saturated rings. The summed E-state index contributed by atoms with van der Waals surface area (Å²) in [6.07, 6.45) is 3.61. The van der Waals surface area contributed by atoms with Gasteiger partial charge in [-0.15, -0.1) is 0 Å². The topological polar surface area (TPSA) is 67.2 Å². The summed E-state index contributed by atoms with van der Waals surface area (Å²) in [6.45, 7) is 6.68. The van der Waals surface area contributed by atoms with Crippen LogP contribution >= 0.6 is 0 Å². The number of benzene rings is 1. The molecule has 1 amide bonds. The highest BCUT2D eigenvalue weighted by Crippen LogP contribution is 2.10. The third-order valence-corrected chi connectivity index (χ3v) is 4.29. The monoisotopic (exact) mass is 329 g/mol. The minimum atomic E-state index is -0.633. The second-order valence-corrected chi connectivity index (χ2v) is 6.24. The first kappa shape index (κ1) is 18.2. The number of hydrogen-bond donors (Lipinski definition) is 2.